The summed E-state index contributed by atoms with van der Waals surface area (Å²) in [6.07, 6.45) is -0.255. The summed E-state index contributed by atoms with van der Waals surface area (Å²) in [6, 6.07) is 9.69. The number of ether oxygens (including phenoxy) is 1. The third-order valence-corrected chi connectivity index (χ3v) is 4.51. The highest BCUT2D eigenvalue weighted by atomic mass is 16.6. The lowest BCUT2D eigenvalue weighted by molar-refractivity contribution is 0.0147. The van der Waals surface area contributed by atoms with Crippen LogP contribution in [0.2, 0.25) is 0 Å². The van der Waals surface area contributed by atoms with Gasteiger partial charge in [-0.05, 0) is 32.9 Å². The highest BCUT2D eigenvalue weighted by Gasteiger charge is 2.25. The molecular formula is C20H28N4O3. The topological polar surface area (TPSA) is 77.7 Å². The molecule has 2 amide bonds. The molecule has 1 aliphatic heterocycles. The van der Waals surface area contributed by atoms with Crippen LogP contribution in [0.15, 0.2) is 30.3 Å². The van der Waals surface area contributed by atoms with Crippen LogP contribution in [0, 0.1) is 0 Å². The summed E-state index contributed by atoms with van der Waals surface area (Å²) in [5.74, 6) is -0.0985. The number of H-pyrrole nitrogens is 1. The molecule has 0 saturated carbocycles. The van der Waals surface area contributed by atoms with Gasteiger partial charge in [0.05, 0.1) is 0 Å². The van der Waals surface area contributed by atoms with Gasteiger partial charge in [-0.2, -0.15) is 0 Å². The van der Waals surface area contributed by atoms with Crippen LogP contribution in [0.1, 0.15) is 31.3 Å². The molecule has 1 aliphatic rings. The molecule has 0 aliphatic carbocycles. The number of carbonyl (C=O) groups excluding carboxylic acids is 2. The molecule has 0 bridgehead atoms. The third-order valence-electron chi connectivity index (χ3n) is 4.51. The van der Waals surface area contributed by atoms with Crippen molar-refractivity contribution in [3.8, 4) is 0 Å². The van der Waals surface area contributed by atoms with Crippen molar-refractivity contribution in [2.24, 2.45) is 0 Å². The number of fused-ring (bicyclic) bond motifs is 1. The summed E-state index contributed by atoms with van der Waals surface area (Å²) in [4.78, 5) is 31.5. The average molecular weight is 372 g/mol. The molecule has 0 atom stereocenters. The van der Waals surface area contributed by atoms with Gasteiger partial charge in [0.25, 0.3) is 5.91 Å². The van der Waals surface area contributed by atoms with Crippen LogP contribution < -0.4 is 5.32 Å². The molecule has 7 heteroatoms. The zero-order chi connectivity index (χ0) is 19.4. The van der Waals surface area contributed by atoms with Gasteiger partial charge in [0.2, 0.25) is 0 Å². The zero-order valence-corrected chi connectivity index (χ0v) is 16.2. The molecule has 2 aromatic rings. The first-order valence-electron chi connectivity index (χ1n) is 9.38. The Balaban J connectivity index is 1.40. The van der Waals surface area contributed by atoms with E-state index in [9.17, 15) is 9.59 Å². The van der Waals surface area contributed by atoms with Gasteiger partial charge in [-0.25, -0.2) is 4.79 Å². The minimum absolute atomic E-state index is 0.0985. The predicted octanol–water partition coefficient (Wildman–Crippen LogP) is 2.45. The number of hydrogen-bond donors (Lipinski definition) is 2. The Bertz CT molecular complexity index is 768. The van der Waals surface area contributed by atoms with Crippen molar-refractivity contribution in [1.29, 1.82) is 0 Å². The van der Waals surface area contributed by atoms with Gasteiger partial charge in [0, 0.05) is 50.2 Å². The molecule has 1 fully saturated rings. The highest BCUT2D eigenvalue weighted by molar-refractivity contribution is 5.97. The number of carbonyl (C=O) groups is 2. The maximum absolute atomic E-state index is 12.3. The van der Waals surface area contributed by atoms with Gasteiger partial charge in [0.15, 0.2) is 0 Å². The van der Waals surface area contributed by atoms with Gasteiger partial charge < -0.3 is 19.9 Å². The number of piperazine rings is 1. The predicted molar refractivity (Wildman–Crippen MR) is 105 cm³/mol. The van der Waals surface area contributed by atoms with E-state index in [1.54, 1.807) is 4.90 Å². The molecule has 1 aromatic heterocycles. The quantitative estimate of drug-likeness (QED) is 0.864. The second-order valence-corrected chi connectivity index (χ2v) is 7.84. The molecule has 2 heterocycles. The lowest BCUT2D eigenvalue weighted by atomic mass is 10.2. The molecule has 0 spiro atoms. The monoisotopic (exact) mass is 372 g/mol. The summed E-state index contributed by atoms with van der Waals surface area (Å²) >= 11 is 0. The SMILES string of the molecule is CC(C)(C)OC(=O)N1CCN(CCNC(=O)c2cc3ccccc3[nH]2)CC1. The summed E-state index contributed by atoms with van der Waals surface area (Å²) < 4.78 is 5.41. The molecule has 1 saturated heterocycles. The van der Waals surface area contributed by atoms with Crippen LogP contribution in [-0.4, -0.2) is 71.7 Å². The largest absolute Gasteiger partial charge is 0.444 e. The summed E-state index contributed by atoms with van der Waals surface area (Å²) in [7, 11) is 0. The van der Waals surface area contributed by atoms with Gasteiger partial charge >= 0.3 is 6.09 Å². The Labute approximate surface area is 159 Å². The molecule has 1 aromatic carbocycles. The summed E-state index contributed by atoms with van der Waals surface area (Å²) in [5, 5.41) is 3.98. The van der Waals surface area contributed by atoms with Crippen LogP contribution in [0.4, 0.5) is 4.79 Å². The first kappa shape index (κ1) is 19.2. The fourth-order valence-electron chi connectivity index (χ4n) is 3.10. The standard InChI is InChI=1S/C20H28N4O3/c1-20(2,3)27-19(26)24-12-10-23(11-13-24)9-8-21-18(25)17-14-15-6-4-5-7-16(15)22-17/h4-7,14,22H,8-13H2,1-3H3,(H,21,25). The molecule has 3 rings (SSSR count). The lowest BCUT2D eigenvalue weighted by Gasteiger charge is -2.35. The number of nitrogens with one attached hydrogen (secondary N) is 2. The van der Waals surface area contributed by atoms with Gasteiger partial charge in [-0.1, -0.05) is 18.2 Å². The first-order chi connectivity index (χ1) is 12.8. The van der Waals surface area contributed by atoms with Crippen molar-refractivity contribution in [3.63, 3.8) is 0 Å². The number of nitrogens with zero attached hydrogens (tertiary/aromatic N) is 2. The first-order valence-corrected chi connectivity index (χ1v) is 9.38. The van der Waals surface area contributed by atoms with E-state index in [0.717, 1.165) is 30.5 Å². The van der Waals surface area contributed by atoms with Crippen LogP contribution in [-0.2, 0) is 4.74 Å². The van der Waals surface area contributed by atoms with E-state index >= 15 is 0 Å². The Hall–Kier alpha value is -2.54. The van der Waals surface area contributed by atoms with Crippen LogP contribution in [0.5, 0.6) is 0 Å². The van der Waals surface area contributed by atoms with E-state index in [-0.39, 0.29) is 12.0 Å². The van der Waals surface area contributed by atoms with Crippen LogP contribution in [0.25, 0.3) is 10.9 Å². The minimum Gasteiger partial charge on any atom is -0.444 e. The maximum Gasteiger partial charge on any atom is 0.410 e. The molecule has 0 unspecified atom stereocenters. The van der Waals surface area contributed by atoms with Crippen molar-refractivity contribution in [2.75, 3.05) is 39.3 Å². The fraction of sp³-hybridized carbons (Fsp3) is 0.500. The van der Waals surface area contributed by atoms with Gasteiger partial charge in [-0.3, -0.25) is 9.69 Å². The van der Waals surface area contributed by atoms with E-state index in [2.05, 4.69) is 15.2 Å². The van der Waals surface area contributed by atoms with Gasteiger partial charge in [0.1, 0.15) is 11.3 Å². The van der Waals surface area contributed by atoms with E-state index in [0.29, 0.717) is 25.3 Å². The van der Waals surface area contributed by atoms with Gasteiger partial charge in [-0.15, -0.1) is 0 Å². The number of para-hydroxylation sites is 1. The fourth-order valence-corrected chi connectivity index (χ4v) is 3.10. The molecule has 27 heavy (non-hydrogen) atoms. The van der Waals surface area contributed by atoms with E-state index in [4.69, 9.17) is 4.74 Å². The Morgan fingerprint density at radius 3 is 2.52 bits per heavy atom. The van der Waals surface area contributed by atoms with Crippen molar-refractivity contribution in [1.82, 2.24) is 20.1 Å². The Morgan fingerprint density at radius 2 is 1.85 bits per heavy atom. The second kappa shape index (κ2) is 8.00. The Morgan fingerprint density at radius 1 is 1.15 bits per heavy atom. The smallest absolute Gasteiger partial charge is 0.410 e. The summed E-state index contributed by atoms with van der Waals surface area (Å²) in [5.41, 5.74) is 1.06. The number of hydrogen-bond acceptors (Lipinski definition) is 4. The molecule has 2 N–H and O–H groups in total. The number of rotatable bonds is 4. The number of aromatic nitrogens is 1. The van der Waals surface area contributed by atoms with Crippen molar-refractivity contribution in [3.05, 3.63) is 36.0 Å². The van der Waals surface area contributed by atoms with E-state index in [1.165, 1.54) is 0 Å². The number of amides is 2. The molecule has 7 nitrogen and oxygen atoms in total. The number of benzene rings is 1. The van der Waals surface area contributed by atoms with Crippen molar-refractivity contribution in [2.45, 2.75) is 26.4 Å². The van der Waals surface area contributed by atoms with E-state index in [1.807, 2.05) is 51.1 Å². The van der Waals surface area contributed by atoms with Crippen molar-refractivity contribution < 1.29 is 14.3 Å². The van der Waals surface area contributed by atoms with Crippen LogP contribution in [0.3, 0.4) is 0 Å². The maximum atomic E-state index is 12.3. The molecule has 146 valence electrons. The number of aromatic amines is 1. The lowest BCUT2D eigenvalue weighted by Crippen LogP contribution is -2.51. The van der Waals surface area contributed by atoms with Crippen LogP contribution >= 0.6 is 0 Å². The zero-order valence-electron chi connectivity index (χ0n) is 16.2. The molecule has 0 radical (unpaired) electrons. The second-order valence-electron chi connectivity index (χ2n) is 7.84. The van der Waals surface area contributed by atoms with E-state index < -0.39 is 5.60 Å². The average Bonchev–Trinajstić information content (AvgIpc) is 3.05. The molecular weight excluding hydrogens is 344 g/mol. The Kier molecular flexibility index (Phi) is 5.70. The highest BCUT2D eigenvalue weighted by Crippen LogP contribution is 2.14. The summed E-state index contributed by atoms with van der Waals surface area (Å²) in [6.45, 7) is 9.79. The van der Waals surface area contributed by atoms with Crippen molar-refractivity contribution >= 4 is 22.9 Å². The minimum atomic E-state index is -0.471. The normalized spacial score (nSPS) is 15.7. The third kappa shape index (κ3) is 5.23.